The molecule has 0 aliphatic rings. The molecule has 5 nitrogen and oxygen atoms in total. The van der Waals surface area contributed by atoms with E-state index in [0.29, 0.717) is 18.2 Å². The van der Waals surface area contributed by atoms with Crippen molar-refractivity contribution in [3.8, 4) is 5.75 Å². The van der Waals surface area contributed by atoms with Crippen LogP contribution in [0, 0.1) is 0 Å². The lowest BCUT2D eigenvalue weighted by atomic mass is 10.2. The Morgan fingerprint density at radius 3 is 2.54 bits per heavy atom. The molecule has 35 heavy (non-hydrogen) atoms. The molecule has 1 heterocycles. The first-order valence-corrected chi connectivity index (χ1v) is 12.4. The third-order valence-corrected chi connectivity index (χ3v) is 5.99. The number of ether oxygens (including phenoxy) is 1. The summed E-state index contributed by atoms with van der Waals surface area (Å²) in [7, 11) is 0. The first-order valence-electron chi connectivity index (χ1n) is 12.0. The van der Waals surface area contributed by atoms with Crippen LogP contribution in [0.1, 0.15) is 30.7 Å². The van der Waals surface area contributed by atoms with Gasteiger partial charge in [-0.2, -0.15) is 0 Å². The van der Waals surface area contributed by atoms with Crippen LogP contribution in [0.3, 0.4) is 0 Å². The minimum Gasteiger partial charge on any atom is -0.492 e. The quantitative estimate of drug-likeness (QED) is 0.188. The summed E-state index contributed by atoms with van der Waals surface area (Å²) in [6.45, 7) is 1.95. The van der Waals surface area contributed by atoms with Gasteiger partial charge in [0.2, 0.25) is 5.91 Å². The molecule has 1 amide bonds. The summed E-state index contributed by atoms with van der Waals surface area (Å²) >= 11 is 5.95. The lowest BCUT2D eigenvalue weighted by Crippen LogP contribution is -2.22. The van der Waals surface area contributed by atoms with Crippen LogP contribution >= 0.6 is 11.6 Å². The number of unbranched alkanes of at least 4 members (excludes halogenated alkanes) is 2. The third-order valence-electron chi connectivity index (χ3n) is 5.73. The zero-order chi connectivity index (χ0) is 24.3. The first kappa shape index (κ1) is 24.6. The maximum absolute atomic E-state index is 12.0. The molecule has 0 atom stereocenters. The summed E-state index contributed by atoms with van der Waals surface area (Å²) < 4.78 is 8.16. The van der Waals surface area contributed by atoms with Gasteiger partial charge in [0.15, 0.2) is 0 Å². The van der Waals surface area contributed by atoms with Gasteiger partial charge in [-0.25, -0.2) is 4.98 Å². The molecule has 0 aliphatic carbocycles. The molecule has 1 aromatic heterocycles. The lowest BCUT2D eigenvalue weighted by Gasteiger charge is -2.11. The van der Waals surface area contributed by atoms with Crippen LogP contribution in [0.25, 0.3) is 17.1 Å². The van der Waals surface area contributed by atoms with Crippen molar-refractivity contribution in [1.29, 1.82) is 0 Å². The van der Waals surface area contributed by atoms with Crippen LogP contribution in [0.4, 0.5) is 0 Å². The number of benzene rings is 3. The van der Waals surface area contributed by atoms with Crippen LogP contribution in [-0.4, -0.2) is 28.6 Å². The van der Waals surface area contributed by atoms with E-state index in [2.05, 4.69) is 16.0 Å². The number of amides is 1. The number of para-hydroxylation sites is 2. The zero-order valence-corrected chi connectivity index (χ0v) is 20.5. The predicted molar refractivity (Wildman–Crippen MR) is 143 cm³/mol. The number of aromatic nitrogens is 2. The largest absolute Gasteiger partial charge is 0.492 e. The molecule has 0 fully saturated rings. The number of rotatable bonds is 12. The van der Waals surface area contributed by atoms with Gasteiger partial charge >= 0.3 is 0 Å². The topological polar surface area (TPSA) is 56.2 Å². The van der Waals surface area contributed by atoms with Crippen molar-refractivity contribution in [2.45, 2.75) is 32.2 Å². The van der Waals surface area contributed by atoms with Gasteiger partial charge in [0.1, 0.15) is 18.2 Å². The van der Waals surface area contributed by atoms with Crippen LogP contribution < -0.4 is 10.1 Å². The van der Waals surface area contributed by atoms with Gasteiger partial charge in [0.25, 0.3) is 0 Å². The second kappa shape index (κ2) is 12.8. The maximum atomic E-state index is 12.0. The lowest BCUT2D eigenvalue weighted by molar-refractivity contribution is -0.116. The summed E-state index contributed by atoms with van der Waals surface area (Å²) in [6, 6.07) is 25.5. The van der Waals surface area contributed by atoms with E-state index in [-0.39, 0.29) is 5.91 Å². The van der Waals surface area contributed by atoms with E-state index in [1.807, 2.05) is 78.9 Å². The van der Waals surface area contributed by atoms with E-state index >= 15 is 0 Å². The number of hydrogen-bond acceptors (Lipinski definition) is 3. The highest BCUT2D eigenvalue weighted by atomic mass is 35.5. The van der Waals surface area contributed by atoms with Gasteiger partial charge in [-0.1, -0.05) is 60.5 Å². The molecule has 0 saturated carbocycles. The van der Waals surface area contributed by atoms with Gasteiger partial charge in [0, 0.05) is 24.1 Å². The van der Waals surface area contributed by atoms with Crippen LogP contribution in [0.2, 0.25) is 5.02 Å². The van der Waals surface area contributed by atoms with Crippen molar-refractivity contribution in [3.63, 3.8) is 0 Å². The molecule has 3 aromatic carbocycles. The number of halogens is 1. The van der Waals surface area contributed by atoms with Gasteiger partial charge in [-0.3, -0.25) is 4.79 Å². The first-order chi connectivity index (χ1) is 17.2. The van der Waals surface area contributed by atoms with E-state index in [9.17, 15) is 4.79 Å². The number of carbonyl (C=O) groups is 1. The zero-order valence-electron chi connectivity index (χ0n) is 19.7. The summed E-state index contributed by atoms with van der Waals surface area (Å²) in [4.78, 5) is 16.9. The van der Waals surface area contributed by atoms with Crippen molar-refractivity contribution < 1.29 is 9.53 Å². The molecule has 4 rings (SSSR count). The number of carbonyl (C=O) groups excluding carboxylic acids is 1. The number of nitrogens with one attached hydrogen (secondary N) is 1. The number of aryl methyl sites for hydroxylation is 1. The molecule has 0 bridgehead atoms. The Labute approximate surface area is 211 Å². The Balaban J connectivity index is 1.23. The standard InChI is InChI=1S/C29H30ClN3O2/c30-24-15-17-25(18-16-24)35-22-21-33-27-12-7-6-11-26(27)32-28(33)13-5-2-8-20-31-29(34)19-14-23-9-3-1-4-10-23/h1,3-4,6-7,9-12,14-19H,2,5,8,13,20-22H2,(H,31,34)/b19-14+. The summed E-state index contributed by atoms with van der Waals surface area (Å²) in [5, 5.41) is 3.66. The summed E-state index contributed by atoms with van der Waals surface area (Å²) in [5.41, 5.74) is 3.15. The molecule has 0 unspecified atom stereocenters. The van der Waals surface area contributed by atoms with E-state index in [1.165, 1.54) is 0 Å². The average molecular weight is 488 g/mol. The SMILES string of the molecule is O=C(/C=C/c1ccccc1)NCCCCCc1nc2ccccc2n1CCOc1ccc(Cl)cc1. The molecule has 0 radical (unpaired) electrons. The number of imidazole rings is 1. The average Bonchev–Trinajstić information content (AvgIpc) is 3.24. The Hall–Kier alpha value is -3.57. The number of hydrogen-bond donors (Lipinski definition) is 1. The van der Waals surface area contributed by atoms with Gasteiger partial charge in [0.05, 0.1) is 17.6 Å². The predicted octanol–water partition coefficient (Wildman–Crippen LogP) is 6.31. The van der Waals surface area contributed by atoms with E-state index in [0.717, 1.165) is 60.4 Å². The van der Waals surface area contributed by atoms with Crippen molar-refractivity contribution in [2.75, 3.05) is 13.2 Å². The van der Waals surface area contributed by atoms with Crippen molar-refractivity contribution in [1.82, 2.24) is 14.9 Å². The molecular weight excluding hydrogens is 458 g/mol. The Kier molecular flexibility index (Phi) is 8.96. The normalized spacial score (nSPS) is 11.2. The molecule has 0 spiro atoms. The second-order valence-corrected chi connectivity index (χ2v) is 8.75. The van der Waals surface area contributed by atoms with Crippen molar-refractivity contribution in [3.05, 3.63) is 101 Å². The van der Waals surface area contributed by atoms with E-state index < -0.39 is 0 Å². The fourth-order valence-corrected chi connectivity index (χ4v) is 4.07. The summed E-state index contributed by atoms with van der Waals surface area (Å²) in [6.07, 6.45) is 7.27. The van der Waals surface area contributed by atoms with Gasteiger partial charge in [-0.05, 0) is 60.9 Å². The molecule has 6 heteroatoms. The van der Waals surface area contributed by atoms with Crippen molar-refractivity contribution >= 4 is 34.6 Å². The molecule has 1 N–H and O–H groups in total. The Morgan fingerprint density at radius 2 is 1.71 bits per heavy atom. The summed E-state index contributed by atoms with van der Waals surface area (Å²) in [5.74, 6) is 1.82. The Bertz CT molecular complexity index is 1250. The molecule has 0 saturated heterocycles. The molecular formula is C29H30ClN3O2. The van der Waals surface area contributed by atoms with Crippen LogP contribution in [-0.2, 0) is 17.8 Å². The number of fused-ring (bicyclic) bond motifs is 1. The molecule has 180 valence electrons. The van der Waals surface area contributed by atoms with Crippen molar-refractivity contribution in [2.24, 2.45) is 0 Å². The molecule has 0 aliphatic heterocycles. The van der Waals surface area contributed by atoms with Crippen LogP contribution in [0.15, 0.2) is 84.9 Å². The highest BCUT2D eigenvalue weighted by molar-refractivity contribution is 6.30. The van der Waals surface area contributed by atoms with Gasteiger partial charge < -0.3 is 14.6 Å². The highest BCUT2D eigenvalue weighted by Gasteiger charge is 2.10. The minimum atomic E-state index is -0.0590. The maximum Gasteiger partial charge on any atom is 0.243 e. The monoisotopic (exact) mass is 487 g/mol. The van der Waals surface area contributed by atoms with E-state index in [1.54, 1.807) is 6.08 Å². The number of nitrogens with zero attached hydrogens (tertiary/aromatic N) is 2. The van der Waals surface area contributed by atoms with Crippen LogP contribution in [0.5, 0.6) is 5.75 Å². The smallest absolute Gasteiger partial charge is 0.243 e. The minimum absolute atomic E-state index is 0.0590. The fraction of sp³-hybridized carbons (Fsp3) is 0.241. The molecule has 4 aromatic rings. The van der Waals surface area contributed by atoms with Gasteiger partial charge in [-0.15, -0.1) is 0 Å². The highest BCUT2D eigenvalue weighted by Crippen LogP contribution is 2.19. The Morgan fingerprint density at radius 1 is 0.943 bits per heavy atom. The third kappa shape index (κ3) is 7.46. The second-order valence-electron chi connectivity index (χ2n) is 8.32. The fourth-order valence-electron chi connectivity index (χ4n) is 3.94. The van der Waals surface area contributed by atoms with E-state index in [4.69, 9.17) is 21.3 Å².